The Kier molecular flexibility index (Phi) is 6.94. The van der Waals surface area contributed by atoms with E-state index in [0.717, 1.165) is 76.2 Å². The maximum absolute atomic E-state index is 5.05. The summed E-state index contributed by atoms with van der Waals surface area (Å²) in [6.45, 7) is 0. The summed E-state index contributed by atoms with van der Waals surface area (Å²) in [5.41, 5.74) is 5.51. The third-order valence-electron chi connectivity index (χ3n) is 7.25. The first-order valence-electron chi connectivity index (χ1n) is 14.4. The molecule has 0 unspecified atom stereocenters. The molecule has 0 N–H and O–H groups in total. The minimum absolute atomic E-state index is 0.868. The molecule has 0 aliphatic carbocycles. The van der Waals surface area contributed by atoms with E-state index in [1.165, 1.54) is 0 Å². The van der Waals surface area contributed by atoms with Gasteiger partial charge in [0, 0.05) is 0 Å². The number of fused-ring (bicyclic) bond motifs is 3. The summed E-state index contributed by atoms with van der Waals surface area (Å²) < 4.78 is 6.64. The molecule has 3 aromatic carbocycles. The Hall–Kier alpha value is -4.71. The van der Waals surface area contributed by atoms with Gasteiger partial charge in [0.1, 0.15) is 0 Å². The fourth-order valence-electron chi connectivity index (χ4n) is 5.21. The van der Waals surface area contributed by atoms with Gasteiger partial charge in [0.05, 0.1) is 0 Å². The van der Waals surface area contributed by atoms with Crippen LogP contribution in [-0.4, -0.2) is 29.9 Å². The summed E-state index contributed by atoms with van der Waals surface area (Å²) in [5.74, 6) is 0. The molecule has 222 valence electrons. The summed E-state index contributed by atoms with van der Waals surface area (Å²) in [6, 6.07) is 37.3. The van der Waals surface area contributed by atoms with E-state index in [4.69, 9.17) is 29.9 Å². The van der Waals surface area contributed by atoms with Gasteiger partial charge in [-0.15, -0.1) is 0 Å². The molecule has 0 fully saturated rings. The van der Waals surface area contributed by atoms with E-state index in [0.29, 0.717) is 0 Å². The molecule has 6 heterocycles. The molecule has 10 heteroatoms. The van der Waals surface area contributed by atoms with Crippen molar-refractivity contribution in [2.75, 3.05) is 0 Å². The zero-order chi connectivity index (χ0) is 30.5. The predicted molar refractivity (Wildman–Crippen MR) is 187 cm³/mol. The standard InChI is InChI=1S/3C12H7N2S.Co/c3*1-2-7-11-9(5-1)14-12(15-11)10-6-3-4-8-13-10;/h3*1-5,7-8H;. The van der Waals surface area contributed by atoms with Crippen LogP contribution in [-0.2, 0) is 13.7 Å². The number of aromatic nitrogens is 6. The SMILES string of the molecule is c1cnc(-c2nc3ccccc3s2)[c]([Co]([c]2cccnc2-c2nc3ccccc3s2)[c]2cccnc2-c2nc3ccccc3s2)c1. The van der Waals surface area contributed by atoms with Crippen LogP contribution in [0.1, 0.15) is 0 Å². The summed E-state index contributed by atoms with van der Waals surface area (Å²) in [4.78, 5) is 30.1. The molecule has 0 saturated carbocycles. The van der Waals surface area contributed by atoms with Crippen LogP contribution in [0.3, 0.4) is 0 Å². The van der Waals surface area contributed by atoms with Crippen molar-refractivity contribution in [1.82, 2.24) is 29.9 Å². The average Bonchev–Trinajstić information content (AvgIpc) is 3.86. The molecule has 0 bridgehead atoms. The Balaban J connectivity index is 1.32. The molecule has 0 aliphatic heterocycles. The van der Waals surface area contributed by atoms with Crippen LogP contribution in [0.15, 0.2) is 128 Å². The molecule has 9 rings (SSSR count). The molecule has 46 heavy (non-hydrogen) atoms. The second-order valence-corrected chi connectivity index (χ2v) is 15.7. The van der Waals surface area contributed by atoms with Crippen molar-refractivity contribution >= 4 is 78.2 Å². The van der Waals surface area contributed by atoms with Gasteiger partial charge in [-0.25, -0.2) is 0 Å². The first-order chi connectivity index (χ1) is 22.8. The fourth-order valence-corrected chi connectivity index (χ4v) is 11.4. The zero-order valence-corrected chi connectivity index (χ0v) is 27.4. The normalized spacial score (nSPS) is 11.9. The van der Waals surface area contributed by atoms with Gasteiger partial charge in [-0.3, -0.25) is 0 Å². The van der Waals surface area contributed by atoms with Crippen molar-refractivity contribution in [3.8, 4) is 32.1 Å². The first-order valence-corrected chi connectivity index (χ1v) is 18.4. The predicted octanol–water partition coefficient (Wildman–Crippen LogP) is 7.60. The number of pyridine rings is 3. The van der Waals surface area contributed by atoms with E-state index in [2.05, 4.69) is 72.8 Å². The molecule has 0 saturated heterocycles. The Morgan fingerprint density at radius 3 is 1.02 bits per heavy atom. The van der Waals surface area contributed by atoms with Crippen molar-refractivity contribution in [1.29, 1.82) is 0 Å². The fraction of sp³-hybridized carbons (Fsp3) is 0. The van der Waals surface area contributed by atoms with Gasteiger partial charge in [-0.2, -0.15) is 0 Å². The molecule has 9 aromatic rings. The molecule has 0 spiro atoms. The van der Waals surface area contributed by atoms with Crippen molar-refractivity contribution in [2.45, 2.75) is 0 Å². The van der Waals surface area contributed by atoms with Crippen LogP contribution in [0.5, 0.6) is 0 Å². The number of rotatable bonds is 6. The summed E-state index contributed by atoms with van der Waals surface area (Å²) in [5, 5.41) is 2.67. The van der Waals surface area contributed by atoms with E-state index in [-0.39, 0.29) is 0 Å². The van der Waals surface area contributed by atoms with Gasteiger partial charge in [0.25, 0.3) is 0 Å². The first kappa shape index (κ1) is 27.6. The third kappa shape index (κ3) is 4.82. The summed E-state index contributed by atoms with van der Waals surface area (Å²) >= 11 is 3.77. The topological polar surface area (TPSA) is 77.3 Å². The van der Waals surface area contributed by atoms with Crippen molar-refractivity contribution in [3.63, 3.8) is 0 Å². The number of hydrogen-bond donors (Lipinski definition) is 0. The van der Waals surface area contributed by atoms with Crippen molar-refractivity contribution < 1.29 is 13.7 Å². The Labute approximate surface area is 280 Å². The van der Waals surface area contributed by atoms with Crippen LogP contribution in [0, 0.1) is 0 Å². The van der Waals surface area contributed by atoms with Gasteiger partial charge >= 0.3 is 282 Å². The molecular weight excluding hydrogens is 672 g/mol. The molecule has 0 aliphatic rings. The third-order valence-corrected chi connectivity index (χ3v) is 13.3. The number of nitrogens with zero attached hydrogens (tertiary/aromatic N) is 6. The van der Waals surface area contributed by atoms with Crippen LogP contribution in [0.25, 0.3) is 62.8 Å². The van der Waals surface area contributed by atoms with Gasteiger partial charge in [-0.05, 0) is 0 Å². The quantitative estimate of drug-likeness (QED) is 0.179. The van der Waals surface area contributed by atoms with E-state index >= 15 is 0 Å². The average molecular weight is 693 g/mol. The Morgan fingerprint density at radius 1 is 0.370 bits per heavy atom. The second-order valence-electron chi connectivity index (χ2n) is 10.1. The van der Waals surface area contributed by atoms with E-state index in [9.17, 15) is 0 Å². The summed E-state index contributed by atoms with van der Waals surface area (Å²) in [7, 11) is 0. The van der Waals surface area contributed by atoms with Gasteiger partial charge in [-0.1, -0.05) is 0 Å². The van der Waals surface area contributed by atoms with E-state index in [1.807, 2.05) is 55.0 Å². The molecule has 0 radical (unpaired) electrons. The van der Waals surface area contributed by atoms with Gasteiger partial charge < -0.3 is 0 Å². The molecule has 0 amide bonds. The molecule has 6 aromatic heterocycles. The van der Waals surface area contributed by atoms with Gasteiger partial charge in [0.2, 0.25) is 0 Å². The Bertz CT molecular complexity index is 2160. The van der Waals surface area contributed by atoms with Crippen LogP contribution in [0.4, 0.5) is 0 Å². The Morgan fingerprint density at radius 2 is 0.696 bits per heavy atom. The van der Waals surface area contributed by atoms with E-state index in [1.54, 1.807) is 34.0 Å². The van der Waals surface area contributed by atoms with Crippen molar-refractivity contribution in [2.24, 2.45) is 0 Å². The van der Waals surface area contributed by atoms with Crippen molar-refractivity contribution in [3.05, 3.63) is 128 Å². The van der Waals surface area contributed by atoms with Crippen LogP contribution >= 0.6 is 34.0 Å². The number of benzene rings is 3. The second kappa shape index (κ2) is 11.6. The van der Waals surface area contributed by atoms with Gasteiger partial charge in [0.15, 0.2) is 0 Å². The molecule has 6 nitrogen and oxygen atoms in total. The molecular formula is C36H21CoN6S3. The number of hydrogen-bond acceptors (Lipinski definition) is 9. The zero-order valence-electron chi connectivity index (χ0n) is 23.9. The van der Waals surface area contributed by atoms with Crippen LogP contribution < -0.4 is 13.5 Å². The minimum atomic E-state index is -1.22. The number of para-hydroxylation sites is 3. The molecule has 0 atom stereocenters. The monoisotopic (exact) mass is 692 g/mol. The maximum atomic E-state index is 5.05. The number of thiazole rings is 3. The van der Waals surface area contributed by atoms with Crippen LogP contribution in [0.2, 0.25) is 0 Å². The summed E-state index contributed by atoms with van der Waals surface area (Å²) in [6.07, 6.45) is 5.56. The van der Waals surface area contributed by atoms with E-state index < -0.39 is 13.7 Å².